The predicted octanol–water partition coefficient (Wildman–Crippen LogP) is 3.11. The minimum atomic E-state index is -0.591. The first kappa shape index (κ1) is 20.5. The first-order valence-corrected chi connectivity index (χ1v) is 10.6. The van der Waals surface area contributed by atoms with Crippen molar-refractivity contribution in [2.45, 2.75) is 38.4 Å². The van der Waals surface area contributed by atoms with Crippen LogP contribution in [-0.4, -0.2) is 49.1 Å². The molecule has 1 aromatic carbocycles. The van der Waals surface area contributed by atoms with Gasteiger partial charge < -0.3 is 25.0 Å². The second kappa shape index (κ2) is 8.14. The highest BCUT2D eigenvalue weighted by molar-refractivity contribution is 5.84. The quantitative estimate of drug-likeness (QED) is 0.816. The molecule has 1 spiro atoms. The van der Waals surface area contributed by atoms with Gasteiger partial charge in [-0.2, -0.15) is 0 Å². The number of rotatable bonds is 5. The van der Waals surface area contributed by atoms with E-state index in [2.05, 4.69) is 16.0 Å². The first-order valence-electron chi connectivity index (χ1n) is 10.6. The van der Waals surface area contributed by atoms with Crippen LogP contribution < -0.4 is 15.4 Å². The van der Waals surface area contributed by atoms with Gasteiger partial charge in [-0.15, -0.1) is 0 Å². The molecule has 3 heterocycles. The number of benzene rings is 1. The van der Waals surface area contributed by atoms with Crippen molar-refractivity contribution in [3.05, 3.63) is 47.7 Å². The molecule has 1 amide bonds. The molecule has 4 rings (SSSR count). The number of anilines is 2. The maximum atomic E-state index is 13.2. The molecule has 1 fully saturated rings. The van der Waals surface area contributed by atoms with Crippen LogP contribution >= 0.6 is 0 Å². The van der Waals surface area contributed by atoms with E-state index in [4.69, 9.17) is 15.2 Å². The van der Waals surface area contributed by atoms with Crippen molar-refractivity contribution in [1.29, 1.82) is 0 Å². The molecule has 1 aromatic heterocycles. The number of aromatic nitrogens is 1. The van der Waals surface area contributed by atoms with Gasteiger partial charge in [-0.25, -0.2) is 4.98 Å². The van der Waals surface area contributed by atoms with Crippen LogP contribution in [0.3, 0.4) is 0 Å². The number of amides is 1. The first-order chi connectivity index (χ1) is 14.5. The number of carbonyl (C=O) groups is 1. The molecular weight excluding hydrogens is 380 g/mol. The van der Waals surface area contributed by atoms with Crippen LogP contribution in [0.15, 0.2) is 36.5 Å². The van der Waals surface area contributed by atoms with Crippen molar-refractivity contribution in [3.63, 3.8) is 0 Å². The zero-order valence-corrected chi connectivity index (χ0v) is 17.9. The lowest BCUT2D eigenvalue weighted by molar-refractivity contribution is -0.156. The molecule has 0 radical (unpaired) electrons. The number of nitrogens with zero attached hydrogens (tertiary/aromatic N) is 3. The summed E-state index contributed by atoms with van der Waals surface area (Å²) in [7, 11) is 1.64. The van der Waals surface area contributed by atoms with Gasteiger partial charge in [0.15, 0.2) is 6.10 Å². The van der Waals surface area contributed by atoms with E-state index in [0.717, 1.165) is 48.6 Å². The fraction of sp³-hybridized carbons (Fsp3) is 0.478. The zero-order valence-electron chi connectivity index (χ0n) is 17.9. The molecule has 0 aliphatic carbocycles. The van der Waals surface area contributed by atoms with Crippen molar-refractivity contribution in [3.8, 4) is 5.75 Å². The minimum Gasteiger partial charge on any atom is -0.497 e. The number of piperidine rings is 1. The van der Waals surface area contributed by atoms with Gasteiger partial charge in [-0.1, -0.05) is 6.07 Å². The topological polar surface area (TPSA) is 80.9 Å². The highest BCUT2D eigenvalue weighted by Gasteiger charge is 2.49. The van der Waals surface area contributed by atoms with Gasteiger partial charge in [0.2, 0.25) is 0 Å². The number of methoxy groups -OCH3 is 1. The van der Waals surface area contributed by atoms with E-state index in [9.17, 15) is 4.79 Å². The third-order valence-corrected chi connectivity index (χ3v) is 6.34. The van der Waals surface area contributed by atoms with E-state index in [1.807, 2.05) is 36.9 Å². The van der Waals surface area contributed by atoms with Crippen molar-refractivity contribution >= 4 is 17.4 Å². The molecular formula is C23H30N4O3. The highest BCUT2D eigenvalue weighted by Crippen LogP contribution is 2.51. The Labute approximate surface area is 177 Å². The van der Waals surface area contributed by atoms with Gasteiger partial charge in [0, 0.05) is 44.1 Å². The summed E-state index contributed by atoms with van der Waals surface area (Å²) in [6, 6.07) is 9.68. The summed E-state index contributed by atoms with van der Waals surface area (Å²) in [6.07, 6.45) is 2.71. The molecule has 1 atom stereocenters. The number of ether oxygens (including phenoxy) is 2. The standard InChI is InChI=1S/C23H30N4O3/c1-4-26(5-2)22(28)21-18-15-17(29-3)6-7-19(18)23(30-21)9-12-27(13-10-23)20-14-16(24)8-11-25-20/h6-8,11,14-15,21H,4-5,9-10,12-13H2,1-3H3,(H2,24,25)/t21-/m1/s1. The van der Waals surface area contributed by atoms with Crippen LogP contribution in [0.2, 0.25) is 0 Å². The van der Waals surface area contributed by atoms with E-state index in [1.165, 1.54) is 0 Å². The summed E-state index contributed by atoms with van der Waals surface area (Å²) in [4.78, 5) is 21.8. The van der Waals surface area contributed by atoms with Crippen molar-refractivity contribution in [1.82, 2.24) is 9.88 Å². The van der Waals surface area contributed by atoms with E-state index in [-0.39, 0.29) is 5.91 Å². The lowest BCUT2D eigenvalue weighted by Gasteiger charge is -2.40. The number of hydrogen-bond acceptors (Lipinski definition) is 6. The Hall–Kier alpha value is -2.80. The number of likely N-dealkylation sites (N-methyl/N-ethyl adjacent to an activating group) is 1. The Bertz CT molecular complexity index is 920. The molecule has 160 valence electrons. The van der Waals surface area contributed by atoms with E-state index < -0.39 is 11.7 Å². The number of nitrogens with two attached hydrogens (primary N) is 1. The second-order valence-electron chi connectivity index (χ2n) is 7.89. The Morgan fingerprint density at radius 2 is 2.00 bits per heavy atom. The summed E-state index contributed by atoms with van der Waals surface area (Å²) in [6.45, 7) is 6.89. The maximum absolute atomic E-state index is 13.2. The predicted molar refractivity (Wildman–Crippen MR) is 117 cm³/mol. The molecule has 0 bridgehead atoms. The van der Waals surface area contributed by atoms with Crippen molar-refractivity contribution in [2.24, 2.45) is 0 Å². The van der Waals surface area contributed by atoms with Gasteiger partial charge >= 0.3 is 0 Å². The summed E-state index contributed by atoms with van der Waals surface area (Å²) in [5.74, 6) is 1.65. The molecule has 7 nitrogen and oxygen atoms in total. The zero-order chi connectivity index (χ0) is 21.3. The maximum Gasteiger partial charge on any atom is 0.256 e. The van der Waals surface area contributed by atoms with Crippen molar-refractivity contribution < 1.29 is 14.3 Å². The summed E-state index contributed by atoms with van der Waals surface area (Å²) in [5.41, 5.74) is 8.21. The van der Waals surface area contributed by atoms with E-state index in [1.54, 1.807) is 19.4 Å². The third kappa shape index (κ3) is 3.47. The molecule has 7 heteroatoms. The van der Waals surface area contributed by atoms with E-state index >= 15 is 0 Å². The van der Waals surface area contributed by atoms with Gasteiger partial charge in [-0.05, 0) is 56.0 Å². The molecule has 2 aromatic rings. The summed E-state index contributed by atoms with van der Waals surface area (Å²) in [5, 5.41) is 0. The van der Waals surface area contributed by atoms with Gasteiger partial charge in [0.05, 0.1) is 12.7 Å². The number of fused-ring (bicyclic) bond motifs is 2. The van der Waals surface area contributed by atoms with Crippen LogP contribution in [0.4, 0.5) is 11.5 Å². The normalized spacial score (nSPS) is 19.6. The van der Waals surface area contributed by atoms with Crippen LogP contribution in [0.1, 0.15) is 43.9 Å². The molecule has 2 N–H and O–H groups in total. The molecule has 0 saturated carbocycles. The van der Waals surface area contributed by atoms with Gasteiger partial charge in [0.1, 0.15) is 11.6 Å². The van der Waals surface area contributed by atoms with Gasteiger partial charge in [-0.3, -0.25) is 4.79 Å². The largest absolute Gasteiger partial charge is 0.497 e. The average Bonchev–Trinajstić information content (AvgIpc) is 3.08. The Balaban J connectivity index is 1.63. The fourth-order valence-electron chi connectivity index (χ4n) is 4.63. The Morgan fingerprint density at radius 3 is 2.63 bits per heavy atom. The van der Waals surface area contributed by atoms with Crippen LogP contribution in [0, 0.1) is 0 Å². The Kier molecular flexibility index (Phi) is 5.56. The fourth-order valence-corrected chi connectivity index (χ4v) is 4.63. The Morgan fingerprint density at radius 1 is 1.27 bits per heavy atom. The number of hydrogen-bond donors (Lipinski definition) is 1. The smallest absolute Gasteiger partial charge is 0.256 e. The number of carbonyl (C=O) groups excluding carboxylic acids is 1. The number of nitrogen functional groups attached to an aromatic ring is 1. The van der Waals surface area contributed by atoms with Gasteiger partial charge in [0.25, 0.3) is 5.91 Å². The third-order valence-electron chi connectivity index (χ3n) is 6.34. The average molecular weight is 411 g/mol. The second-order valence-corrected chi connectivity index (χ2v) is 7.89. The minimum absolute atomic E-state index is 0.0197. The molecule has 1 saturated heterocycles. The number of pyridine rings is 1. The van der Waals surface area contributed by atoms with E-state index in [0.29, 0.717) is 18.8 Å². The van der Waals surface area contributed by atoms with Crippen LogP contribution in [0.5, 0.6) is 5.75 Å². The molecule has 30 heavy (non-hydrogen) atoms. The SMILES string of the molecule is CCN(CC)C(=O)[C@@H]1OC2(CCN(c3cc(N)ccn3)CC2)c2ccc(OC)cc21. The van der Waals surface area contributed by atoms with Crippen LogP contribution in [0.25, 0.3) is 0 Å². The lowest BCUT2D eigenvalue weighted by atomic mass is 9.83. The van der Waals surface area contributed by atoms with Crippen LogP contribution in [-0.2, 0) is 15.1 Å². The summed E-state index contributed by atoms with van der Waals surface area (Å²) >= 11 is 0. The summed E-state index contributed by atoms with van der Waals surface area (Å²) < 4.78 is 12.0. The molecule has 0 unspecified atom stereocenters. The molecule has 2 aliphatic rings. The van der Waals surface area contributed by atoms with Crippen molar-refractivity contribution in [2.75, 3.05) is 43.9 Å². The lowest BCUT2D eigenvalue weighted by Crippen LogP contribution is -2.44. The molecule has 2 aliphatic heterocycles. The monoisotopic (exact) mass is 410 g/mol. The highest BCUT2D eigenvalue weighted by atomic mass is 16.5.